The molecule has 0 spiro atoms. The van der Waals surface area contributed by atoms with Gasteiger partial charge in [0.1, 0.15) is 0 Å². The van der Waals surface area contributed by atoms with E-state index in [0.717, 1.165) is 18.5 Å². The molecule has 0 atom stereocenters. The van der Waals surface area contributed by atoms with Gasteiger partial charge < -0.3 is 9.67 Å². The van der Waals surface area contributed by atoms with E-state index in [1.165, 1.54) is 19.3 Å². The number of carboxylic acids is 1. The topological polar surface area (TPSA) is 59.3 Å². The van der Waals surface area contributed by atoms with Crippen molar-refractivity contribution in [1.82, 2.24) is 4.57 Å². The third-order valence-electron chi connectivity index (χ3n) is 3.95. The summed E-state index contributed by atoms with van der Waals surface area (Å²) in [7, 11) is 0. The molecular formula is C15H21NO3. The first-order chi connectivity index (χ1) is 9.09. The van der Waals surface area contributed by atoms with Gasteiger partial charge in [-0.1, -0.05) is 25.3 Å². The first-order valence-electron chi connectivity index (χ1n) is 7.02. The summed E-state index contributed by atoms with van der Waals surface area (Å²) in [4.78, 5) is 23.1. The number of aromatic nitrogens is 1. The minimum absolute atomic E-state index is 0.00755. The summed E-state index contributed by atoms with van der Waals surface area (Å²) in [5.41, 5.74) is 1.61. The molecule has 0 bridgehead atoms. The predicted octanol–water partition coefficient (Wildman–Crippen LogP) is 2.68. The summed E-state index contributed by atoms with van der Waals surface area (Å²) in [6.45, 7) is 1.96. The Morgan fingerprint density at radius 2 is 2.00 bits per heavy atom. The molecular weight excluding hydrogens is 242 g/mol. The Kier molecular flexibility index (Phi) is 4.40. The summed E-state index contributed by atoms with van der Waals surface area (Å²) >= 11 is 0. The fourth-order valence-corrected chi connectivity index (χ4v) is 2.91. The van der Waals surface area contributed by atoms with Crippen LogP contribution in [-0.4, -0.2) is 15.6 Å². The van der Waals surface area contributed by atoms with Crippen molar-refractivity contribution in [3.8, 4) is 0 Å². The highest BCUT2D eigenvalue weighted by molar-refractivity contribution is 5.67. The van der Waals surface area contributed by atoms with Crippen LogP contribution in [-0.2, 0) is 11.2 Å². The third kappa shape index (κ3) is 3.25. The van der Waals surface area contributed by atoms with Gasteiger partial charge in [0, 0.05) is 23.7 Å². The van der Waals surface area contributed by atoms with E-state index in [-0.39, 0.29) is 12.0 Å². The maximum absolute atomic E-state index is 12.5. The maximum atomic E-state index is 12.5. The lowest BCUT2D eigenvalue weighted by Crippen LogP contribution is -2.30. The van der Waals surface area contributed by atoms with Crippen LogP contribution in [0.25, 0.3) is 0 Å². The molecule has 1 aromatic rings. The molecule has 2 rings (SSSR count). The molecule has 4 nitrogen and oxygen atoms in total. The summed E-state index contributed by atoms with van der Waals surface area (Å²) < 4.78 is 1.89. The monoisotopic (exact) mass is 263 g/mol. The van der Waals surface area contributed by atoms with Crippen molar-refractivity contribution in [2.24, 2.45) is 0 Å². The Bertz CT molecular complexity index is 513. The number of hydrogen-bond acceptors (Lipinski definition) is 2. The van der Waals surface area contributed by atoms with Gasteiger partial charge in [0.25, 0.3) is 5.56 Å². The van der Waals surface area contributed by atoms with Gasteiger partial charge in [-0.2, -0.15) is 0 Å². The standard InChI is InChI=1S/C15H21NO3/c1-11-7-8-12(9-10-14(17)18)15(19)16(11)13-5-3-2-4-6-13/h7-8,13H,2-6,9-10H2,1H3,(H,17,18). The molecule has 0 aliphatic heterocycles. The van der Waals surface area contributed by atoms with Gasteiger partial charge >= 0.3 is 5.97 Å². The number of carboxylic acid groups (broad SMARTS) is 1. The molecule has 4 heteroatoms. The van der Waals surface area contributed by atoms with E-state index < -0.39 is 5.97 Å². The molecule has 1 aromatic heterocycles. The lowest BCUT2D eigenvalue weighted by molar-refractivity contribution is -0.136. The Hall–Kier alpha value is -1.58. The molecule has 0 saturated heterocycles. The van der Waals surface area contributed by atoms with Crippen LogP contribution in [0, 0.1) is 6.92 Å². The maximum Gasteiger partial charge on any atom is 0.303 e. The Morgan fingerprint density at radius 3 is 2.63 bits per heavy atom. The highest BCUT2D eigenvalue weighted by atomic mass is 16.4. The van der Waals surface area contributed by atoms with E-state index in [9.17, 15) is 9.59 Å². The smallest absolute Gasteiger partial charge is 0.303 e. The number of hydrogen-bond donors (Lipinski definition) is 1. The lowest BCUT2D eigenvalue weighted by Gasteiger charge is -2.26. The first kappa shape index (κ1) is 13.8. The zero-order valence-electron chi connectivity index (χ0n) is 11.4. The second-order valence-electron chi connectivity index (χ2n) is 5.36. The van der Waals surface area contributed by atoms with Crippen LogP contribution in [0.2, 0.25) is 0 Å². The number of aryl methyl sites for hydroxylation is 2. The molecule has 19 heavy (non-hydrogen) atoms. The second-order valence-corrected chi connectivity index (χ2v) is 5.36. The van der Waals surface area contributed by atoms with Crippen LogP contribution in [0.5, 0.6) is 0 Å². The van der Waals surface area contributed by atoms with Crippen LogP contribution in [0.3, 0.4) is 0 Å². The van der Waals surface area contributed by atoms with Crippen molar-refractivity contribution in [2.75, 3.05) is 0 Å². The second kappa shape index (κ2) is 6.04. The summed E-state index contributed by atoms with van der Waals surface area (Å²) in [6, 6.07) is 4.01. The van der Waals surface area contributed by atoms with E-state index in [1.54, 1.807) is 6.07 Å². The minimum Gasteiger partial charge on any atom is -0.481 e. The van der Waals surface area contributed by atoms with Crippen molar-refractivity contribution in [1.29, 1.82) is 0 Å². The number of rotatable bonds is 4. The molecule has 1 saturated carbocycles. The van der Waals surface area contributed by atoms with Crippen molar-refractivity contribution in [2.45, 2.75) is 57.9 Å². The van der Waals surface area contributed by atoms with Crippen LogP contribution in [0.15, 0.2) is 16.9 Å². The van der Waals surface area contributed by atoms with Gasteiger partial charge in [-0.05, 0) is 32.3 Å². The largest absolute Gasteiger partial charge is 0.481 e. The molecule has 1 heterocycles. The van der Waals surface area contributed by atoms with E-state index in [1.807, 2.05) is 17.6 Å². The fraction of sp³-hybridized carbons (Fsp3) is 0.600. The zero-order chi connectivity index (χ0) is 13.8. The molecule has 1 fully saturated rings. The van der Waals surface area contributed by atoms with E-state index in [4.69, 9.17) is 5.11 Å². The van der Waals surface area contributed by atoms with E-state index >= 15 is 0 Å². The SMILES string of the molecule is Cc1ccc(CCC(=O)O)c(=O)n1C1CCCCC1. The van der Waals surface area contributed by atoms with Gasteiger partial charge in [0.15, 0.2) is 0 Å². The summed E-state index contributed by atoms with van der Waals surface area (Å²) in [5, 5.41) is 8.73. The summed E-state index contributed by atoms with van der Waals surface area (Å²) in [6.07, 6.45) is 6.06. The van der Waals surface area contributed by atoms with Gasteiger partial charge in [-0.3, -0.25) is 9.59 Å². The average Bonchev–Trinajstić information content (AvgIpc) is 2.39. The van der Waals surface area contributed by atoms with Crippen molar-refractivity contribution in [3.05, 3.63) is 33.7 Å². The number of pyridine rings is 1. The number of aliphatic carboxylic acids is 1. The highest BCUT2D eigenvalue weighted by Gasteiger charge is 2.19. The molecule has 0 amide bonds. The van der Waals surface area contributed by atoms with Gasteiger partial charge in [-0.25, -0.2) is 0 Å². The van der Waals surface area contributed by atoms with E-state index in [0.29, 0.717) is 18.0 Å². The third-order valence-corrected chi connectivity index (χ3v) is 3.95. The van der Waals surface area contributed by atoms with Crippen LogP contribution in [0.1, 0.15) is 55.8 Å². The van der Waals surface area contributed by atoms with Gasteiger partial charge in [0.05, 0.1) is 0 Å². The van der Waals surface area contributed by atoms with Gasteiger partial charge in [0.2, 0.25) is 0 Å². The van der Waals surface area contributed by atoms with Crippen LogP contribution >= 0.6 is 0 Å². The molecule has 0 radical (unpaired) electrons. The quantitative estimate of drug-likeness (QED) is 0.908. The zero-order valence-corrected chi connectivity index (χ0v) is 11.4. The van der Waals surface area contributed by atoms with E-state index in [2.05, 4.69) is 0 Å². The average molecular weight is 263 g/mol. The lowest BCUT2D eigenvalue weighted by atomic mass is 9.94. The summed E-state index contributed by atoms with van der Waals surface area (Å²) in [5.74, 6) is -0.857. The van der Waals surface area contributed by atoms with Crippen molar-refractivity contribution < 1.29 is 9.90 Å². The highest BCUT2D eigenvalue weighted by Crippen LogP contribution is 2.27. The molecule has 1 aliphatic rings. The molecule has 0 unspecified atom stereocenters. The number of nitrogens with zero attached hydrogens (tertiary/aromatic N) is 1. The Labute approximate surface area is 113 Å². The number of carbonyl (C=O) groups is 1. The molecule has 104 valence electrons. The molecule has 1 aliphatic carbocycles. The molecule has 1 N–H and O–H groups in total. The Morgan fingerprint density at radius 1 is 1.32 bits per heavy atom. The fourth-order valence-electron chi connectivity index (χ4n) is 2.91. The molecule has 0 aromatic carbocycles. The van der Waals surface area contributed by atoms with Gasteiger partial charge in [-0.15, -0.1) is 0 Å². The van der Waals surface area contributed by atoms with Crippen molar-refractivity contribution >= 4 is 5.97 Å². The predicted molar refractivity (Wildman–Crippen MR) is 73.5 cm³/mol. The normalized spacial score (nSPS) is 16.5. The Balaban J connectivity index is 2.28. The van der Waals surface area contributed by atoms with Crippen molar-refractivity contribution in [3.63, 3.8) is 0 Å². The van der Waals surface area contributed by atoms with Crippen LogP contribution in [0.4, 0.5) is 0 Å². The first-order valence-corrected chi connectivity index (χ1v) is 7.02. The minimum atomic E-state index is -0.857. The van der Waals surface area contributed by atoms with Crippen LogP contribution < -0.4 is 5.56 Å².